The highest BCUT2D eigenvalue weighted by Gasteiger charge is 2.49. The lowest BCUT2D eigenvalue weighted by Gasteiger charge is -2.39. The summed E-state index contributed by atoms with van der Waals surface area (Å²) in [6, 6.07) is 10.5. The van der Waals surface area contributed by atoms with Gasteiger partial charge in [0.25, 0.3) is 47.3 Å². The van der Waals surface area contributed by atoms with Crippen molar-refractivity contribution in [3.8, 4) is 0 Å². The van der Waals surface area contributed by atoms with Crippen LogP contribution in [0.2, 0.25) is 0 Å². The summed E-state index contributed by atoms with van der Waals surface area (Å²) in [5.41, 5.74) is 0.437. The zero-order valence-electron chi connectivity index (χ0n) is 27.7. The fraction of sp³-hybridized carbons (Fsp3) is 0.263. The minimum absolute atomic E-state index is 0.0638. The van der Waals surface area contributed by atoms with Crippen molar-refractivity contribution in [1.29, 1.82) is 0 Å². The van der Waals surface area contributed by atoms with Gasteiger partial charge in [-0.2, -0.15) is 10.0 Å². The van der Waals surface area contributed by atoms with E-state index in [1.165, 1.54) is 58.3 Å². The monoisotopic (exact) mass is 670 g/mol. The minimum Gasteiger partial charge on any atom is -0.271 e. The van der Waals surface area contributed by atoms with Crippen molar-refractivity contribution in [2.24, 2.45) is 0 Å². The van der Waals surface area contributed by atoms with Gasteiger partial charge in [0.05, 0.1) is 22.3 Å². The molecule has 50 heavy (non-hydrogen) atoms. The number of carbonyl (C=O) groups excluding carboxylic acids is 8. The summed E-state index contributed by atoms with van der Waals surface area (Å²) in [5, 5.41) is 1.54. The number of amides is 8. The average Bonchev–Trinajstić information content (AvgIpc) is 3.12. The van der Waals surface area contributed by atoms with Crippen LogP contribution in [0.5, 0.6) is 0 Å². The Labute approximate surface area is 285 Å². The zero-order chi connectivity index (χ0) is 35.5. The molecule has 0 atom stereocenters. The molecule has 0 fully saturated rings. The van der Waals surface area contributed by atoms with Gasteiger partial charge in [0.2, 0.25) is 0 Å². The van der Waals surface area contributed by atoms with Crippen molar-refractivity contribution in [3.05, 3.63) is 93.0 Å². The Bertz CT molecular complexity index is 2060. The van der Waals surface area contributed by atoms with Gasteiger partial charge in [-0.1, -0.05) is 27.7 Å². The number of hydrogen-bond acceptors (Lipinski definition) is 8. The van der Waals surface area contributed by atoms with Gasteiger partial charge in [-0.15, -0.1) is 0 Å². The normalized spacial score (nSPS) is 16.8. The lowest BCUT2D eigenvalue weighted by Crippen LogP contribution is -2.58. The second kappa shape index (κ2) is 10.7. The Balaban J connectivity index is 1.24. The van der Waals surface area contributed by atoms with E-state index in [2.05, 4.69) is 0 Å². The molecule has 12 heteroatoms. The Morgan fingerprint density at radius 2 is 0.520 bits per heavy atom. The van der Waals surface area contributed by atoms with Crippen molar-refractivity contribution < 1.29 is 38.4 Å². The van der Waals surface area contributed by atoms with Crippen LogP contribution in [0.15, 0.2) is 48.5 Å². The molecule has 0 saturated heterocycles. The van der Waals surface area contributed by atoms with Crippen LogP contribution in [0.3, 0.4) is 0 Å². The van der Waals surface area contributed by atoms with Crippen LogP contribution in [0.1, 0.15) is 136 Å². The third kappa shape index (κ3) is 3.70. The highest BCUT2D eigenvalue weighted by atomic mass is 16.2. The van der Waals surface area contributed by atoms with Gasteiger partial charge >= 0.3 is 0 Å². The molecule has 0 saturated carbocycles. The smallest absolute Gasteiger partial charge is 0.271 e. The van der Waals surface area contributed by atoms with Crippen molar-refractivity contribution in [2.75, 3.05) is 0 Å². The molecule has 0 aliphatic carbocycles. The van der Waals surface area contributed by atoms with Gasteiger partial charge in [-0.05, 0) is 74.2 Å². The summed E-state index contributed by atoms with van der Waals surface area (Å²) in [5.74, 6) is -6.07. The molecule has 12 nitrogen and oxygen atoms in total. The van der Waals surface area contributed by atoms with Gasteiger partial charge in [-0.3, -0.25) is 48.2 Å². The van der Waals surface area contributed by atoms with E-state index in [0.29, 0.717) is 35.7 Å². The Morgan fingerprint density at radius 3 is 0.700 bits per heavy atom. The standard InChI is InChI=1S/C38H30N4O8/c1-5-17(6-2)39-31(43)19-9-13-23-29-24(14-10-20(27(19)29)32(39)44)36(48)41(35(23)47)42-37(49)25-15-11-21-28-22(12-16-26(30(25)28)38(42)50)34(46)40(33(21)45)18(7-3)8-4/h9-18H,5-8H2,1-4H3. The van der Waals surface area contributed by atoms with Gasteiger partial charge in [0, 0.05) is 55.9 Å². The highest BCUT2D eigenvalue weighted by Crippen LogP contribution is 2.42. The summed E-state index contributed by atoms with van der Waals surface area (Å²) in [4.78, 5) is 114. The second-order valence-corrected chi connectivity index (χ2v) is 12.9. The summed E-state index contributed by atoms with van der Waals surface area (Å²) < 4.78 is 0. The van der Waals surface area contributed by atoms with Crippen LogP contribution in [0, 0.1) is 0 Å². The maximum absolute atomic E-state index is 14.2. The molecule has 250 valence electrons. The Hall–Kier alpha value is -6.04. The van der Waals surface area contributed by atoms with Crippen molar-refractivity contribution in [1.82, 2.24) is 19.8 Å². The molecule has 0 spiro atoms. The molecule has 0 N–H and O–H groups in total. The number of rotatable bonds is 7. The van der Waals surface area contributed by atoms with E-state index in [0.717, 1.165) is 0 Å². The molecular weight excluding hydrogens is 640 g/mol. The number of benzene rings is 4. The summed E-state index contributed by atoms with van der Waals surface area (Å²) >= 11 is 0. The lowest BCUT2D eigenvalue weighted by atomic mass is 9.84. The highest BCUT2D eigenvalue weighted by molar-refractivity contribution is 6.37. The number of hydrazine groups is 1. The summed E-state index contributed by atoms with van der Waals surface area (Å²) in [6.07, 6.45) is 2.20. The molecule has 4 aliphatic rings. The van der Waals surface area contributed by atoms with E-state index in [1.54, 1.807) is 0 Å². The lowest BCUT2D eigenvalue weighted by molar-refractivity contribution is 0.00211. The molecule has 0 bridgehead atoms. The minimum atomic E-state index is -0.990. The molecule has 8 amide bonds. The third-order valence-electron chi connectivity index (χ3n) is 10.6. The van der Waals surface area contributed by atoms with Crippen LogP contribution in [-0.4, -0.2) is 79.2 Å². The maximum atomic E-state index is 14.2. The molecule has 4 aromatic rings. The molecule has 0 unspecified atom stereocenters. The van der Waals surface area contributed by atoms with E-state index in [-0.39, 0.29) is 78.1 Å². The van der Waals surface area contributed by atoms with E-state index in [4.69, 9.17) is 0 Å². The first kappa shape index (κ1) is 31.2. The maximum Gasteiger partial charge on any atom is 0.281 e. The molecule has 0 radical (unpaired) electrons. The largest absolute Gasteiger partial charge is 0.281 e. The number of carbonyl (C=O) groups is 8. The zero-order valence-corrected chi connectivity index (χ0v) is 27.7. The Kier molecular flexibility index (Phi) is 6.70. The molecule has 4 aliphatic heterocycles. The van der Waals surface area contributed by atoms with E-state index in [9.17, 15) is 38.4 Å². The van der Waals surface area contributed by atoms with E-state index < -0.39 is 47.3 Å². The number of nitrogens with zero attached hydrogens (tertiary/aromatic N) is 4. The van der Waals surface area contributed by atoms with Crippen molar-refractivity contribution in [2.45, 2.75) is 65.5 Å². The van der Waals surface area contributed by atoms with Gasteiger partial charge in [0.15, 0.2) is 0 Å². The van der Waals surface area contributed by atoms with Crippen LogP contribution < -0.4 is 0 Å². The molecular formula is C38H30N4O8. The predicted octanol–water partition coefficient (Wildman–Crippen LogP) is 5.37. The van der Waals surface area contributed by atoms with Crippen molar-refractivity contribution in [3.63, 3.8) is 0 Å². The molecule has 8 rings (SSSR count). The number of hydrogen-bond donors (Lipinski definition) is 0. The summed E-state index contributed by atoms with van der Waals surface area (Å²) in [7, 11) is 0. The average molecular weight is 671 g/mol. The van der Waals surface area contributed by atoms with Crippen LogP contribution in [0.4, 0.5) is 0 Å². The first-order valence-corrected chi connectivity index (χ1v) is 16.7. The third-order valence-corrected chi connectivity index (χ3v) is 10.6. The predicted molar refractivity (Wildman–Crippen MR) is 179 cm³/mol. The van der Waals surface area contributed by atoms with Gasteiger partial charge in [0.1, 0.15) is 0 Å². The second-order valence-electron chi connectivity index (χ2n) is 12.9. The summed E-state index contributed by atoms with van der Waals surface area (Å²) in [6.45, 7) is 7.53. The fourth-order valence-corrected chi connectivity index (χ4v) is 8.10. The molecule has 4 aromatic carbocycles. The SMILES string of the molecule is CCC(CC)N1C(=O)c2ccc3c4c(ccc(c24)C1=O)C(=O)N(N1C(=O)c2ccc4c5c(ccc(c25)C1=O)C(=O)N(C(CC)CC)C4=O)C3=O. The number of imide groups is 4. The quantitative estimate of drug-likeness (QED) is 0.238. The molecule has 0 aromatic heterocycles. The first-order chi connectivity index (χ1) is 24.0. The fourth-order valence-electron chi connectivity index (χ4n) is 8.10. The van der Waals surface area contributed by atoms with Crippen LogP contribution >= 0.6 is 0 Å². The Morgan fingerprint density at radius 1 is 0.340 bits per heavy atom. The van der Waals surface area contributed by atoms with Gasteiger partial charge < -0.3 is 0 Å². The van der Waals surface area contributed by atoms with Crippen LogP contribution in [-0.2, 0) is 0 Å². The topological polar surface area (TPSA) is 150 Å². The first-order valence-electron chi connectivity index (χ1n) is 16.7. The van der Waals surface area contributed by atoms with E-state index >= 15 is 0 Å². The van der Waals surface area contributed by atoms with Crippen molar-refractivity contribution >= 4 is 68.8 Å². The van der Waals surface area contributed by atoms with Crippen LogP contribution in [0.25, 0.3) is 21.5 Å². The molecule has 4 heterocycles. The van der Waals surface area contributed by atoms with Gasteiger partial charge in [-0.25, -0.2) is 0 Å². The van der Waals surface area contributed by atoms with E-state index in [1.807, 2.05) is 27.7 Å².